The van der Waals surface area contributed by atoms with Crippen LogP contribution in [0.25, 0.3) is 0 Å². The minimum atomic E-state index is -0.519. The Kier molecular flexibility index (Phi) is 6.32. The molecule has 20 heavy (non-hydrogen) atoms. The average Bonchev–Trinajstić information content (AvgIpc) is 2.94. The van der Waals surface area contributed by atoms with E-state index in [1.807, 2.05) is 6.92 Å². The molecule has 0 aromatic carbocycles. The van der Waals surface area contributed by atoms with Crippen LogP contribution in [0.4, 0.5) is 0 Å². The van der Waals surface area contributed by atoms with E-state index in [9.17, 15) is 5.11 Å². The Labute approximate surface area is 119 Å². The Balaban J connectivity index is 1.53. The minimum Gasteiger partial charge on any atom is -0.389 e. The van der Waals surface area contributed by atoms with Crippen molar-refractivity contribution in [2.75, 3.05) is 26.4 Å². The number of aliphatic hydroxyl groups excluding tert-OH is 1. The molecule has 1 aromatic rings. The van der Waals surface area contributed by atoms with E-state index in [0.29, 0.717) is 26.3 Å². The molecule has 0 amide bonds. The van der Waals surface area contributed by atoms with Crippen molar-refractivity contribution in [2.24, 2.45) is 0 Å². The van der Waals surface area contributed by atoms with E-state index in [2.05, 4.69) is 15.3 Å². The van der Waals surface area contributed by atoms with Crippen LogP contribution in [0.1, 0.15) is 24.2 Å². The summed E-state index contributed by atoms with van der Waals surface area (Å²) in [6.07, 6.45) is 5.32. The fraction of sp³-hybridized carbons (Fsp3) is 0.714. The summed E-state index contributed by atoms with van der Waals surface area (Å²) in [7, 11) is 0. The second kappa shape index (κ2) is 8.26. The highest BCUT2D eigenvalue weighted by atomic mass is 16.5. The number of aromatic nitrogens is 2. The molecule has 0 radical (unpaired) electrons. The van der Waals surface area contributed by atoms with E-state index >= 15 is 0 Å². The lowest BCUT2D eigenvalue weighted by atomic mass is 10.2. The topological polar surface area (TPSA) is 76.5 Å². The normalized spacial score (nSPS) is 20.2. The van der Waals surface area contributed by atoms with Gasteiger partial charge in [-0.25, -0.2) is 0 Å². The quantitative estimate of drug-likeness (QED) is 0.720. The van der Waals surface area contributed by atoms with Gasteiger partial charge in [0.25, 0.3) is 0 Å². The van der Waals surface area contributed by atoms with Gasteiger partial charge in [-0.3, -0.25) is 9.97 Å². The smallest absolute Gasteiger partial charge is 0.0897 e. The number of ether oxygens (including phenoxy) is 2. The summed E-state index contributed by atoms with van der Waals surface area (Å²) in [5.74, 6) is 0. The molecule has 2 unspecified atom stereocenters. The molecule has 2 atom stereocenters. The summed E-state index contributed by atoms with van der Waals surface area (Å²) >= 11 is 0. The molecule has 0 saturated carbocycles. The van der Waals surface area contributed by atoms with Crippen LogP contribution in [0.2, 0.25) is 0 Å². The van der Waals surface area contributed by atoms with E-state index in [1.165, 1.54) is 0 Å². The molecular weight excluding hydrogens is 258 g/mol. The Morgan fingerprint density at radius 2 is 2.40 bits per heavy atom. The highest BCUT2D eigenvalue weighted by Gasteiger charge is 2.16. The fourth-order valence-electron chi connectivity index (χ4n) is 2.05. The largest absolute Gasteiger partial charge is 0.389 e. The van der Waals surface area contributed by atoms with Crippen molar-refractivity contribution in [3.8, 4) is 0 Å². The van der Waals surface area contributed by atoms with E-state index < -0.39 is 6.10 Å². The Hall–Kier alpha value is -1.08. The number of aliphatic hydroxyl groups is 1. The summed E-state index contributed by atoms with van der Waals surface area (Å²) in [6, 6.07) is 0. The van der Waals surface area contributed by atoms with Gasteiger partial charge in [-0.05, 0) is 19.8 Å². The third kappa shape index (κ3) is 5.50. The SMILES string of the molecule is Cc1cnc(CNCC(O)COCC2CCCO2)cn1. The summed E-state index contributed by atoms with van der Waals surface area (Å²) in [4.78, 5) is 8.40. The predicted octanol–water partition coefficient (Wildman–Crippen LogP) is 0.431. The molecule has 1 fully saturated rings. The van der Waals surface area contributed by atoms with Gasteiger partial charge in [0.05, 0.1) is 36.8 Å². The molecule has 2 N–H and O–H groups in total. The summed E-state index contributed by atoms with van der Waals surface area (Å²) in [5, 5.41) is 12.9. The minimum absolute atomic E-state index is 0.206. The van der Waals surface area contributed by atoms with Gasteiger partial charge >= 0.3 is 0 Å². The van der Waals surface area contributed by atoms with Crippen molar-refractivity contribution in [3.63, 3.8) is 0 Å². The lowest BCUT2D eigenvalue weighted by molar-refractivity contribution is -0.0164. The molecule has 2 heterocycles. The first kappa shape index (κ1) is 15.3. The van der Waals surface area contributed by atoms with Crippen molar-refractivity contribution >= 4 is 0 Å². The van der Waals surface area contributed by atoms with Crippen LogP contribution in [0, 0.1) is 6.92 Å². The third-order valence-electron chi connectivity index (χ3n) is 3.16. The molecule has 1 aromatic heterocycles. The lowest BCUT2D eigenvalue weighted by Gasteiger charge is -2.14. The highest BCUT2D eigenvalue weighted by molar-refractivity contribution is 5.00. The van der Waals surface area contributed by atoms with Crippen LogP contribution in [-0.2, 0) is 16.0 Å². The van der Waals surface area contributed by atoms with Crippen molar-refractivity contribution in [3.05, 3.63) is 23.8 Å². The Morgan fingerprint density at radius 3 is 3.10 bits per heavy atom. The standard InChI is InChI=1S/C14H23N3O3/c1-11-5-17-12(7-16-11)6-15-8-13(18)9-19-10-14-3-2-4-20-14/h5,7,13-15,18H,2-4,6,8-10H2,1H3. The highest BCUT2D eigenvalue weighted by Crippen LogP contribution is 2.11. The molecule has 0 spiro atoms. The number of rotatable bonds is 8. The first-order chi connectivity index (χ1) is 9.74. The molecular formula is C14H23N3O3. The van der Waals surface area contributed by atoms with E-state index in [-0.39, 0.29) is 6.10 Å². The molecule has 6 heteroatoms. The van der Waals surface area contributed by atoms with Crippen molar-refractivity contribution in [1.82, 2.24) is 15.3 Å². The fourth-order valence-corrected chi connectivity index (χ4v) is 2.05. The molecule has 1 aliphatic rings. The molecule has 1 saturated heterocycles. The van der Waals surface area contributed by atoms with Crippen molar-refractivity contribution < 1.29 is 14.6 Å². The maximum atomic E-state index is 9.78. The monoisotopic (exact) mass is 281 g/mol. The van der Waals surface area contributed by atoms with Crippen LogP contribution >= 0.6 is 0 Å². The van der Waals surface area contributed by atoms with Crippen LogP contribution in [0.3, 0.4) is 0 Å². The molecule has 6 nitrogen and oxygen atoms in total. The van der Waals surface area contributed by atoms with E-state index in [1.54, 1.807) is 12.4 Å². The van der Waals surface area contributed by atoms with Gasteiger partial charge in [0.2, 0.25) is 0 Å². The average molecular weight is 281 g/mol. The zero-order valence-corrected chi connectivity index (χ0v) is 11.9. The van der Waals surface area contributed by atoms with Crippen LogP contribution in [-0.4, -0.2) is 53.6 Å². The second-order valence-corrected chi connectivity index (χ2v) is 5.11. The van der Waals surface area contributed by atoms with Crippen molar-refractivity contribution in [1.29, 1.82) is 0 Å². The van der Waals surface area contributed by atoms with Gasteiger partial charge in [-0.1, -0.05) is 0 Å². The first-order valence-corrected chi connectivity index (χ1v) is 7.09. The second-order valence-electron chi connectivity index (χ2n) is 5.11. The van der Waals surface area contributed by atoms with Gasteiger partial charge in [0.15, 0.2) is 0 Å². The zero-order valence-electron chi connectivity index (χ0n) is 11.9. The number of hydrogen-bond donors (Lipinski definition) is 2. The summed E-state index contributed by atoms with van der Waals surface area (Å²) in [5.41, 5.74) is 1.76. The van der Waals surface area contributed by atoms with Gasteiger partial charge in [-0.2, -0.15) is 0 Å². The van der Waals surface area contributed by atoms with Gasteiger partial charge in [0.1, 0.15) is 0 Å². The molecule has 0 bridgehead atoms. The third-order valence-corrected chi connectivity index (χ3v) is 3.16. The molecule has 112 valence electrons. The van der Waals surface area contributed by atoms with E-state index in [4.69, 9.17) is 9.47 Å². The van der Waals surface area contributed by atoms with Crippen LogP contribution in [0.5, 0.6) is 0 Å². The lowest BCUT2D eigenvalue weighted by Crippen LogP contribution is -2.31. The summed E-state index contributed by atoms with van der Waals surface area (Å²) < 4.78 is 10.9. The van der Waals surface area contributed by atoms with Crippen LogP contribution in [0.15, 0.2) is 12.4 Å². The number of hydrogen-bond acceptors (Lipinski definition) is 6. The zero-order chi connectivity index (χ0) is 14.2. The van der Waals surface area contributed by atoms with E-state index in [0.717, 1.165) is 30.8 Å². The number of aryl methyl sites for hydroxylation is 1. The number of nitrogens with zero attached hydrogens (tertiary/aromatic N) is 2. The molecule has 0 aliphatic carbocycles. The molecule has 1 aliphatic heterocycles. The Bertz CT molecular complexity index is 380. The molecule has 2 rings (SSSR count). The summed E-state index contributed by atoms with van der Waals surface area (Å²) in [6.45, 7) is 4.69. The van der Waals surface area contributed by atoms with Gasteiger partial charge in [-0.15, -0.1) is 0 Å². The van der Waals surface area contributed by atoms with Gasteiger partial charge in [0, 0.05) is 32.1 Å². The van der Waals surface area contributed by atoms with Crippen LogP contribution < -0.4 is 5.32 Å². The first-order valence-electron chi connectivity index (χ1n) is 7.09. The predicted molar refractivity (Wildman–Crippen MR) is 74.3 cm³/mol. The Morgan fingerprint density at radius 1 is 1.50 bits per heavy atom. The van der Waals surface area contributed by atoms with Gasteiger partial charge < -0.3 is 19.9 Å². The maximum absolute atomic E-state index is 9.78. The maximum Gasteiger partial charge on any atom is 0.0897 e. The van der Waals surface area contributed by atoms with Crippen molar-refractivity contribution in [2.45, 2.75) is 38.5 Å². The number of nitrogens with one attached hydrogen (secondary N) is 1.